The van der Waals surface area contributed by atoms with E-state index in [9.17, 15) is 0 Å². The summed E-state index contributed by atoms with van der Waals surface area (Å²) < 4.78 is 4.96. The smallest absolute Gasteiger partial charge is 0.105 e. The third-order valence-corrected chi connectivity index (χ3v) is 0.660. The average Bonchev–Trinajstić information content (AvgIpc) is 1.81. The quantitative estimate of drug-likeness (QED) is 0.308. The Bertz CT molecular complexity index is 70.4. The Morgan fingerprint density at radius 1 is 1.25 bits per heavy atom. The molecule has 0 unspecified atom stereocenters. The van der Waals surface area contributed by atoms with Gasteiger partial charge in [-0.3, -0.25) is 0 Å². The van der Waals surface area contributed by atoms with Gasteiger partial charge in [-0.1, -0.05) is 18.2 Å². The Kier molecular flexibility index (Phi) is 5.71. The molecule has 0 aliphatic carbocycles. The van der Waals surface area contributed by atoms with E-state index in [0.717, 1.165) is 0 Å². The lowest BCUT2D eigenvalue weighted by molar-refractivity contribution is 0.289. The summed E-state index contributed by atoms with van der Waals surface area (Å²) in [6.07, 6.45) is 7.47. The van der Waals surface area contributed by atoms with Crippen LogP contribution in [0.25, 0.3) is 0 Å². The van der Waals surface area contributed by atoms with Crippen molar-refractivity contribution in [1.29, 1.82) is 0 Å². The van der Waals surface area contributed by atoms with Gasteiger partial charge in [-0.25, -0.2) is 0 Å². The maximum atomic E-state index is 4.96. The highest BCUT2D eigenvalue weighted by Gasteiger charge is 1.67. The molecule has 0 saturated carbocycles. The predicted octanol–water partition coefficient (Wildman–Crippen LogP) is 2.11. The van der Waals surface area contributed by atoms with Crippen LogP contribution in [0.15, 0.2) is 24.5 Å². The molecule has 1 heteroatoms. The number of ether oxygens (including phenoxy) is 1. The molecule has 0 N–H and O–H groups in total. The van der Waals surface area contributed by atoms with E-state index in [2.05, 4.69) is 0 Å². The first-order chi connectivity index (χ1) is 3.91. The summed E-state index contributed by atoms with van der Waals surface area (Å²) in [5.41, 5.74) is 0. The predicted molar refractivity (Wildman–Crippen MR) is 35.6 cm³/mol. The van der Waals surface area contributed by atoms with Gasteiger partial charge in [-0.15, -0.1) is 0 Å². The maximum absolute atomic E-state index is 4.96. The normalized spacial score (nSPS) is 11.2. The lowest BCUT2D eigenvalue weighted by Gasteiger charge is -1.89. The van der Waals surface area contributed by atoms with Crippen molar-refractivity contribution in [3.05, 3.63) is 24.5 Å². The topological polar surface area (TPSA) is 9.23 Å². The molecule has 0 aromatic rings. The zero-order chi connectivity index (χ0) is 6.24. The molecular weight excluding hydrogens is 100 g/mol. The summed E-state index contributed by atoms with van der Waals surface area (Å²) in [5.74, 6) is 0. The Hall–Kier alpha value is -0.720. The first-order valence-corrected chi connectivity index (χ1v) is 2.75. The molecule has 0 fully saturated rings. The zero-order valence-electron chi connectivity index (χ0n) is 5.42. The molecule has 0 aliphatic rings. The largest absolute Gasteiger partial charge is 0.497 e. The van der Waals surface area contributed by atoms with Gasteiger partial charge in [0.2, 0.25) is 0 Å². The van der Waals surface area contributed by atoms with Crippen LogP contribution < -0.4 is 0 Å². The van der Waals surface area contributed by atoms with E-state index in [-0.39, 0.29) is 0 Å². The van der Waals surface area contributed by atoms with Crippen molar-refractivity contribution in [3.8, 4) is 0 Å². The third kappa shape index (κ3) is 5.28. The zero-order valence-corrected chi connectivity index (χ0v) is 5.42. The van der Waals surface area contributed by atoms with Crippen LogP contribution in [0.4, 0.5) is 0 Å². The van der Waals surface area contributed by atoms with Gasteiger partial charge in [0.15, 0.2) is 0 Å². The Morgan fingerprint density at radius 2 is 2.00 bits per heavy atom. The van der Waals surface area contributed by atoms with Crippen LogP contribution in [-0.2, 0) is 4.74 Å². The van der Waals surface area contributed by atoms with Crippen LogP contribution in [0.3, 0.4) is 0 Å². The van der Waals surface area contributed by atoms with Crippen molar-refractivity contribution >= 4 is 0 Å². The third-order valence-electron chi connectivity index (χ3n) is 0.660. The Labute approximate surface area is 50.7 Å². The monoisotopic (exact) mass is 112 g/mol. The van der Waals surface area contributed by atoms with Crippen LogP contribution in [0.1, 0.15) is 13.8 Å². The van der Waals surface area contributed by atoms with Crippen molar-refractivity contribution in [3.63, 3.8) is 0 Å². The fraction of sp³-hybridized carbons (Fsp3) is 0.429. The number of rotatable bonds is 3. The number of allylic oxidation sites excluding steroid dienone is 2. The summed E-state index contributed by atoms with van der Waals surface area (Å²) in [5, 5.41) is 0. The summed E-state index contributed by atoms with van der Waals surface area (Å²) in [6, 6.07) is 0. The second-order valence-electron chi connectivity index (χ2n) is 1.37. The van der Waals surface area contributed by atoms with Gasteiger partial charge < -0.3 is 4.74 Å². The van der Waals surface area contributed by atoms with Crippen LogP contribution in [0.2, 0.25) is 0 Å². The van der Waals surface area contributed by atoms with Gasteiger partial charge in [-0.2, -0.15) is 0 Å². The molecular formula is C7H12O. The molecule has 46 valence electrons. The van der Waals surface area contributed by atoms with Crippen LogP contribution >= 0.6 is 0 Å². The van der Waals surface area contributed by atoms with Crippen molar-refractivity contribution in [2.24, 2.45) is 0 Å². The molecule has 0 heterocycles. The van der Waals surface area contributed by atoms with Crippen molar-refractivity contribution in [2.75, 3.05) is 6.61 Å². The van der Waals surface area contributed by atoms with E-state index < -0.39 is 0 Å². The molecule has 0 bridgehead atoms. The summed E-state index contributed by atoms with van der Waals surface area (Å²) >= 11 is 0. The van der Waals surface area contributed by atoms with Crippen LogP contribution in [-0.4, -0.2) is 6.61 Å². The Balaban J connectivity index is 2.93. The number of hydrogen-bond donors (Lipinski definition) is 0. The van der Waals surface area contributed by atoms with Crippen LogP contribution in [0.5, 0.6) is 0 Å². The lowest BCUT2D eigenvalue weighted by Crippen LogP contribution is -1.77. The van der Waals surface area contributed by atoms with Gasteiger partial charge >= 0.3 is 0 Å². The van der Waals surface area contributed by atoms with E-state index in [1.165, 1.54) is 0 Å². The molecule has 0 spiro atoms. The van der Waals surface area contributed by atoms with Crippen molar-refractivity contribution in [2.45, 2.75) is 13.8 Å². The lowest BCUT2D eigenvalue weighted by atomic mass is 10.6. The molecule has 0 aromatic heterocycles. The summed E-state index contributed by atoms with van der Waals surface area (Å²) in [4.78, 5) is 0. The van der Waals surface area contributed by atoms with Gasteiger partial charge in [0.1, 0.15) is 6.61 Å². The first kappa shape index (κ1) is 7.28. The van der Waals surface area contributed by atoms with E-state index in [4.69, 9.17) is 4.74 Å². The molecule has 0 amide bonds. The highest BCUT2D eigenvalue weighted by atomic mass is 16.5. The van der Waals surface area contributed by atoms with E-state index in [0.29, 0.717) is 6.61 Å². The van der Waals surface area contributed by atoms with E-state index in [1.54, 1.807) is 6.26 Å². The van der Waals surface area contributed by atoms with Crippen LogP contribution in [0, 0.1) is 0 Å². The standard InChI is InChI=1S/C7H12O/c1-3-5-7-8-6-4-2/h3-6H,7H2,1-2H3. The second-order valence-corrected chi connectivity index (χ2v) is 1.37. The molecule has 0 rings (SSSR count). The highest BCUT2D eigenvalue weighted by Crippen LogP contribution is 1.77. The molecule has 0 aliphatic heterocycles. The SMILES string of the molecule is CC=CCOC=CC. The molecule has 0 aromatic carbocycles. The molecule has 8 heavy (non-hydrogen) atoms. The molecule has 0 atom stereocenters. The summed E-state index contributed by atoms with van der Waals surface area (Å²) in [6.45, 7) is 4.58. The molecule has 1 nitrogen and oxygen atoms in total. The van der Waals surface area contributed by atoms with Crippen molar-refractivity contribution < 1.29 is 4.74 Å². The fourth-order valence-corrected chi connectivity index (χ4v) is 0.304. The summed E-state index contributed by atoms with van der Waals surface area (Å²) in [7, 11) is 0. The Morgan fingerprint density at radius 3 is 2.50 bits per heavy atom. The average molecular weight is 112 g/mol. The maximum Gasteiger partial charge on any atom is 0.105 e. The minimum atomic E-state index is 0.681. The van der Waals surface area contributed by atoms with E-state index in [1.807, 2.05) is 32.1 Å². The van der Waals surface area contributed by atoms with Gasteiger partial charge in [0.05, 0.1) is 6.26 Å². The van der Waals surface area contributed by atoms with Gasteiger partial charge in [0.25, 0.3) is 0 Å². The first-order valence-electron chi connectivity index (χ1n) is 2.75. The van der Waals surface area contributed by atoms with Gasteiger partial charge in [-0.05, 0) is 13.8 Å². The highest BCUT2D eigenvalue weighted by molar-refractivity contribution is 4.77. The molecule has 0 saturated heterocycles. The molecule has 0 radical (unpaired) electrons. The van der Waals surface area contributed by atoms with Crippen molar-refractivity contribution in [1.82, 2.24) is 0 Å². The van der Waals surface area contributed by atoms with E-state index >= 15 is 0 Å². The minimum absolute atomic E-state index is 0.681. The fourth-order valence-electron chi connectivity index (χ4n) is 0.304. The second kappa shape index (κ2) is 6.28. The number of hydrogen-bond acceptors (Lipinski definition) is 1. The minimum Gasteiger partial charge on any atom is -0.497 e. The van der Waals surface area contributed by atoms with Gasteiger partial charge in [0, 0.05) is 0 Å².